The summed E-state index contributed by atoms with van der Waals surface area (Å²) in [5.74, 6) is -1.11. The average molecular weight is 547 g/mol. The molecule has 0 saturated carbocycles. The van der Waals surface area contributed by atoms with Crippen LogP contribution in [0.1, 0.15) is 30.5 Å². The number of benzene rings is 3. The van der Waals surface area contributed by atoms with Gasteiger partial charge in [-0.25, -0.2) is 15.0 Å². The first-order valence-electron chi connectivity index (χ1n) is 13.8. The normalized spacial score (nSPS) is 13.6. The molecular weight excluding hydrogens is 516 g/mol. The fraction of sp³-hybridized carbons (Fsp3) is 0.242. The molecule has 0 aliphatic heterocycles. The summed E-state index contributed by atoms with van der Waals surface area (Å²) < 4.78 is 12.8. The molecule has 0 N–H and O–H groups in total. The van der Waals surface area contributed by atoms with E-state index in [9.17, 15) is 9.59 Å². The van der Waals surface area contributed by atoms with E-state index in [-0.39, 0.29) is 26.1 Å². The summed E-state index contributed by atoms with van der Waals surface area (Å²) in [5.41, 5.74) is 6.40. The van der Waals surface area contributed by atoms with E-state index >= 15 is 0 Å². The number of carbonyl (C=O) groups is 2. The van der Waals surface area contributed by atoms with E-state index < -0.39 is 17.4 Å². The molecule has 206 valence electrons. The molecule has 41 heavy (non-hydrogen) atoms. The number of esters is 2. The minimum atomic E-state index is -1.42. The van der Waals surface area contributed by atoms with Crippen molar-refractivity contribution in [3.63, 3.8) is 0 Å². The van der Waals surface area contributed by atoms with Gasteiger partial charge in [0.2, 0.25) is 0 Å². The van der Waals surface area contributed by atoms with E-state index in [0.717, 1.165) is 39.0 Å². The first-order chi connectivity index (χ1) is 20.0. The lowest BCUT2D eigenvalue weighted by molar-refractivity contribution is -0.171. The van der Waals surface area contributed by atoms with Gasteiger partial charge in [-0.05, 0) is 60.6 Å². The molecule has 8 heteroatoms. The number of imidazole rings is 1. The van der Waals surface area contributed by atoms with E-state index in [2.05, 4.69) is 23.2 Å². The first kappa shape index (κ1) is 26.4. The van der Waals surface area contributed by atoms with Gasteiger partial charge in [0.25, 0.3) is 0 Å². The summed E-state index contributed by atoms with van der Waals surface area (Å²) >= 11 is 0. The van der Waals surface area contributed by atoms with Crippen LogP contribution in [-0.2, 0) is 38.4 Å². The molecule has 0 bridgehead atoms. The van der Waals surface area contributed by atoms with Crippen molar-refractivity contribution < 1.29 is 19.1 Å². The Hall–Kier alpha value is -4.85. The number of hydrogen-bond donors (Lipinski definition) is 0. The molecule has 0 unspecified atom stereocenters. The zero-order valence-electron chi connectivity index (χ0n) is 23.0. The molecule has 0 atom stereocenters. The number of rotatable bonds is 8. The van der Waals surface area contributed by atoms with Gasteiger partial charge >= 0.3 is 11.9 Å². The smallest absolute Gasteiger partial charge is 0.324 e. The highest BCUT2D eigenvalue weighted by Gasteiger charge is 2.53. The number of aromatic nitrogens is 4. The Labute approximate surface area is 238 Å². The van der Waals surface area contributed by atoms with Crippen LogP contribution < -0.4 is 0 Å². The van der Waals surface area contributed by atoms with Crippen molar-refractivity contribution in [3.8, 4) is 22.4 Å². The van der Waals surface area contributed by atoms with Gasteiger partial charge in [-0.15, -0.1) is 0 Å². The fourth-order valence-electron chi connectivity index (χ4n) is 5.67. The summed E-state index contributed by atoms with van der Waals surface area (Å²) in [4.78, 5) is 40.5. The predicted molar refractivity (Wildman–Crippen MR) is 155 cm³/mol. The standard InChI is InChI=1S/C33H30N4O4/c1-3-40-31(38)33(32(39)41-4-2)17-24-15-26(23-13-9-6-10-14-23)27(16-25(24)18-33)28-29-30(35-20-34-28)37(21-36-29)19-22-11-7-5-8-12-22/h5-16,20-21H,3-4,17-19H2,1-2H3. The fourth-order valence-corrected chi connectivity index (χ4v) is 5.67. The second kappa shape index (κ2) is 11.0. The molecular formula is C33H30N4O4. The summed E-state index contributed by atoms with van der Waals surface area (Å²) in [7, 11) is 0. The molecule has 1 aliphatic rings. The van der Waals surface area contributed by atoms with Gasteiger partial charge in [0.15, 0.2) is 11.1 Å². The molecule has 0 spiro atoms. The van der Waals surface area contributed by atoms with E-state index in [1.165, 1.54) is 0 Å². The van der Waals surface area contributed by atoms with Crippen LogP contribution >= 0.6 is 0 Å². The maximum absolute atomic E-state index is 13.2. The van der Waals surface area contributed by atoms with Gasteiger partial charge in [-0.3, -0.25) is 9.59 Å². The topological polar surface area (TPSA) is 96.2 Å². The van der Waals surface area contributed by atoms with Gasteiger partial charge in [0.1, 0.15) is 17.5 Å². The number of hydrogen-bond acceptors (Lipinski definition) is 7. The van der Waals surface area contributed by atoms with Crippen LogP contribution in [0, 0.1) is 5.41 Å². The third-order valence-electron chi connectivity index (χ3n) is 7.59. The summed E-state index contributed by atoms with van der Waals surface area (Å²) in [5, 5.41) is 0. The summed E-state index contributed by atoms with van der Waals surface area (Å²) in [6, 6.07) is 24.3. The van der Waals surface area contributed by atoms with E-state index in [1.54, 1.807) is 26.5 Å². The minimum Gasteiger partial charge on any atom is -0.465 e. The van der Waals surface area contributed by atoms with Gasteiger partial charge < -0.3 is 14.0 Å². The molecule has 5 aromatic rings. The molecule has 6 rings (SSSR count). The largest absolute Gasteiger partial charge is 0.465 e. The Morgan fingerprint density at radius 2 is 1.41 bits per heavy atom. The van der Waals surface area contributed by atoms with Crippen molar-refractivity contribution in [2.75, 3.05) is 13.2 Å². The highest BCUT2D eigenvalue weighted by molar-refractivity contribution is 6.02. The molecule has 8 nitrogen and oxygen atoms in total. The van der Waals surface area contributed by atoms with Crippen molar-refractivity contribution in [2.45, 2.75) is 33.2 Å². The predicted octanol–water partition coefficient (Wildman–Crippen LogP) is 5.42. The van der Waals surface area contributed by atoms with Crippen molar-refractivity contribution >= 4 is 23.1 Å². The molecule has 0 amide bonds. The van der Waals surface area contributed by atoms with Gasteiger partial charge in [-0.1, -0.05) is 66.7 Å². The van der Waals surface area contributed by atoms with E-state index in [4.69, 9.17) is 19.4 Å². The van der Waals surface area contributed by atoms with Crippen LogP contribution in [-0.4, -0.2) is 44.7 Å². The lowest BCUT2D eigenvalue weighted by Gasteiger charge is -2.23. The van der Waals surface area contributed by atoms with Gasteiger partial charge in [0, 0.05) is 5.56 Å². The van der Waals surface area contributed by atoms with E-state index in [0.29, 0.717) is 17.8 Å². The summed E-state index contributed by atoms with van der Waals surface area (Å²) in [6.45, 7) is 4.47. The van der Waals surface area contributed by atoms with Crippen molar-refractivity contribution in [1.29, 1.82) is 0 Å². The number of nitrogens with zero attached hydrogens (tertiary/aromatic N) is 4. The van der Waals surface area contributed by atoms with Gasteiger partial charge in [0.05, 0.1) is 26.1 Å². The maximum atomic E-state index is 13.2. The lowest BCUT2D eigenvalue weighted by Crippen LogP contribution is -2.43. The third kappa shape index (κ3) is 4.75. The van der Waals surface area contributed by atoms with Crippen LogP contribution in [0.15, 0.2) is 85.5 Å². The molecule has 2 heterocycles. The molecule has 0 fully saturated rings. The Morgan fingerprint density at radius 1 is 0.805 bits per heavy atom. The Morgan fingerprint density at radius 3 is 2.05 bits per heavy atom. The molecule has 2 aromatic heterocycles. The first-order valence-corrected chi connectivity index (χ1v) is 13.8. The lowest BCUT2D eigenvalue weighted by atomic mass is 9.84. The quantitative estimate of drug-likeness (QED) is 0.189. The van der Waals surface area contributed by atoms with Crippen LogP contribution in [0.25, 0.3) is 33.5 Å². The zero-order valence-corrected chi connectivity index (χ0v) is 23.0. The Kier molecular flexibility index (Phi) is 7.05. The van der Waals surface area contributed by atoms with Gasteiger partial charge in [-0.2, -0.15) is 0 Å². The number of carbonyl (C=O) groups excluding carboxylic acids is 2. The number of fused-ring (bicyclic) bond motifs is 2. The Balaban J connectivity index is 1.50. The Bertz CT molecular complexity index is 1710. The van der Waals surface area contributed by atoms with Crippen molar-refractivity contribution in [1.82, 2.24) is 19.5 Å². The van der Waals surface area contributed by atoms with Crippen LogP contribution in [0.3, 0.4) is 0 Å². The SMILES string of the molecule is CCOC(=O)C1(C(=O)OCC)Cc2cc(-c3ccccc3)c(-c3ncnc4c3ncn4Cc3ccccc3)cc2C1. The third-order valence-corrected chi connectivity index (χ3v) is 7.59. The monoisotopic (exact) mass is 546 g/mol. The van der Waals surface area contributed by atoms with Crippen LogP contribution in [0.2, 0.25) is 0 Å². The molecule has 1 aliphatic carbocycles. The maximum Gasteiger partial charge on any atom is 0.324 e. The van der Waals surface area contributed by atoms with E-state index in [1.807, 2.05) is 59.2 Å². The second-order valence-electron chi connectivity index (χ2n) is 10.2. The highest BCUT2D eigenvalue weighted by Crippen LogP contribution is 2.44. The second-order valence-corrected chi connectivity index (χ2v) is 10.2. The van der Waals surface area contributed by atoms with Crippen LogP contribution in [0.4, 0.5) is 0 Å². The molecule has 0 saturated heterocycles. The molecule has 0 radical (unpaired) electrons. The highest BCUT2D eigenvalue weighted by atomic mass is 16.6. The summed E-state index contributed by atoms with van der Waals surface area (Å²) in [6.07, 6.45) is 3.76. The zero-order chi connectivity index (χ0) is 28.4. The average Bonchev–Trinajstić information content (AvgIpc) is 3.60. The van der Waals surface area contributed by atoms with Crippen molar-refractivity contribution in [3.05, 3.63) is 102 Å². The number of ether oxygens (including phenoxy) is 2. The molecule has 3 aromatic carbocycles. The van der Waals surface area contributed by atoms with Crippen LogP contribution in [0.5, 0.6) is 0 Å². The van der Waals surface area contributed by atoms with Crippen molar-refractivity contribution in [2.24, 2.45) is 5.41 Å². The minimum absolute atomic E-state index is 0.182.